The van der Waals surface area contributed by atoms with Crippen LogP contribution in [0.1, 0.15) is 56.9 Å². The SMILES string of the molecule is O=C(NCCCN1CCCCC1)C1(c2ccccc2)CCCC1. The summed E-state index contributed by atoms with van der Waals surface area (Å²) >= 11 is 0. The Balaban J connectivity index is 1.51. The third-order valence-corrected chi connectivity index (χ3v) is 5.60. The van der Waals surface area contributed by atoms with Gasteiger partial charge in [0.15, 0.2) is 0 Å². The normalized spacial score (nSPS) is 21.2. The van der Waals surface area contributed by atoms with Crippen molar-refractivity contribution in [2.75, 3.05) is 26.2 Å². The molecule has 1 aromatic rings. The molecule has 0 atom stereocenters. The fourth-order valence-electron chi connectivity index (χ4n) is 4.24. The van der Waals surface area contributed by atoms with E-state index in [0.29, 0.717) is 0 Å². The van der Waals surface area contributed by atoms with Crippen molar-refractivity contribution in [2.24, 2.45) is 0 Å². The quantitative estimate of drug-likeness (QED) is 0.815. The lowest BCUT2D eigenvalue weighted by molar-refractivity contribution is -0.126. The van der Waals surface area contributed by atoms with E-state index in [2.05, 4.69) is 34.5 Å². The van der Waals surface area contributed by atoms with Crippen molar-refractivity contribution in [1.29, 1.82) is 0 Å². The third kappa shape index (κ3) is 3.95. The predicted molar refractivity (Wildman–Crippen MR) is 94.5 cm³/mol. The molecule has 1 saturated carbocycles. The highest BCUT2D eigenvalue weighted by atomic mass is 16.2. The van der Waals surface area contributed by atoms with Crippen molar-refractivity contribution in [3.63, 3.8) is 0 Å². The lowest BCUT2D eigenvalue weighted by Crippen LogP contribution is -2.43. The van der Waals surface area contributed by atoms with E-state index >= 15 is 0 Å². The van der Waals surface area contributed by atoms with Gasteiger partial charge in [-0.3, -0.25) is 4.79 Å². The highest BCUT2D eigenvalue weighted by Gasteiger charge is 2.42. The van der Waals surface area contributed by atoms with Crippen molar-refractivity contribution in [3.05, 3.63) is 35.9 Å². The minimum absolute atomic E-state index is 0.250. The smallest absolute Gasteiger partial charge is 0.230 e. The standard InChI is InChI=1S/C20H30N2O/c23-19(21-14-9-17-22-15-7-2-8-16-22)20(12-5-6-13-20)18-10-3-1-4-11-18/h1,3-4,10-11H,2,5-9,12-17H2,(H,21,23). The summed E-state index contributed by atoms with van der Waals surface area (Å²) in [6.45, 7) is 4.41. The number of carbonyl (C=O) groups is 1. The van der Waals surface area contributed by atoms with E-state index in [9.17, 15) is 4.79 Å². The second kappa shape index (κ2) is 7.96. The lowest BCUT2D eigenvalue weighted by Gasteiger charge is -2.29. The highest BCUT2D eigenvalue weighted by Crippen LogP contribution is 2.41. The topological polar surface area (TPSA) is 32.3 Å². The number of carbonyl (C=O) groups excluding carboxylic acids is 1. The number of nitrogens with zero attached hydrogens (tertiary/aromatic N) is 1. The Kier molecular flexibility index (Phi) is 5.71. The van der Waals surface area contributed by atoms with Gasteiger partial charge in [-0.15, -0.1) is 0 Å². The second-order valence-electron chi connectivity index (χ2n) is 7.17. The summed E-state index contributed by atoms with van der Waals surface area (Å²) in [5.74, 6) is 0.250. The molecule has 126 valence electrons. The molecule has 0 unspecified atom stereocenters. The van der Waals surface area contributed by atoms with E-state index in [-0.39, 0.29) is 11.3 Å². The fraction of sp³-hybridized carbons (Fsp3) is 0.650. The monoisotopic (exact) mass is 314 g/mol. The zero-order valence-electron chi connectivity index (χ0n) is 14.2. The van der Waals surface area contributed by atoms with Crippen LogP contribution in [0.3, 0.4) is 0 Å². The van der Waals surface area contributed by atoms with Crippen molar-refractivity contribution < 1.29 is 4.79 Å². The number of likely N-dealkylation sites (tertiary alicyclic amines) is 1. The number of piperidine rings is 1. The number of nitrogens with one attached hydrogen (secondary N) is 1. The van der Waals surface area contributed by atoms with E-state index in [4.69, 9.17) is 0 Å². The molecule has 0 bridgehead atoms. The van der Waals surface area contributed by atoms with Gasteiger partial charge in [0.25, 0.3) is 0 Å². The van der Waals surface area contributed by atoms with Crippen LogP contribution in [0.4, 0.5) is 0 Å². The van der Waals surface area contributed by atoms with Crippen molar-refractivity contribution in [1.82, 2.24) is 10.2 Å². The van der Waals surface area contributed by atoms with E-state index in [1.807, 2.05) is 6.07 Å². The Labute approximate surface area is 140 Å². The molecule has 2 aliphatic rings. The molecule has 2 fully saturated rings. The Bertz CT molecular complexity index is 488. The van der Waals surface area contributed by atoms with Crippen molar-refractivity contribution >= 4 is 5.91 Å². The van der Waals surface area contributed by atoms with Crippen LogP contribution in [0.5, 0.6) is 0 Å². The van der Waals surface area contributed by atoms with Gasteiger partial charge in [0.1, 0.15) is 0 Å². The molecule has 3 rings (SSSR count). The van der Waals surface area contributed by atoms with Crippen LogP contribution in [0.2, 0.25) is 0 Å². The average molecular weight is 314 g/mol. The predicted octanol–water partition coefficient (Wildman–Crippen LogP) is 3.49. The Morgan fingerprint density at radius 1 is 1.00 bits per heavy atom. The molecule has 1 N–H and O–H groups in total. The lowest BCUT2D eigenvalue weighted by atomic mass is 9.78. The first-order valence-electron chi connectivity index (χ1n) is 9.37. The van der Waals surface area contributed by atoms with Gasteiger partial charge in [-0.05, 0) is 57.3 Å². The minimum atomic E-state index is -0.271. The summed E-state index contributed by atoms with van der Waals surface area (Å²) in [4.78, 5) is 15.4. The highest BCUT2D eigenvalue weighted by molar-refractivity contribution is 5.88. The molecule has 1 saturated heterocycles. The van der Waals surface area contributed by atoms with Gasteiger partial charge in [0.2, 0.25) is 5.91 Å². The largest absolute Gasteiger partial charge is 0.355 e. The van der Waals surface area contributed by atoms with Gasteiger partial charge >= 0.3 is 0 Å². The molecular weight excluding hydrogens is 284 g/mol. The zero-order valence-corrected chi connectivity index (χ0v) is 14.2. The first-order chi connectivity index (χ1) is 11.3. The molecule has 0 spiro atoms. The maximum atomic E-state index is 12.9. The van der Waals surface area contributed by atoms with Crippen LogP contribution in [0.25, 0.3) is 0 Å². The Morgan fingerprint density at radius 3 is 2.39 bits per heavy atom. The summed E-state index contributed by atoms with van der Waals surface area (Å²) in [7, 11) is 0. The van der Waals surface area contributed by atoms with Gasteiger partial charge in [-0.25, -0.2) is 0 Å². The average Bonchev–Trinajstić information content (AvgIpc) is 3.11. The summed E-state index contributed by atoms with van der Waals surface area (Å²) in [6, 6.07) is 10.4. The van der Waals surface area contributed by atoms with Crippen LogP contribution in [-0.2, 0) is 10.2 Å². The zero-order chi connectivity index (χ0) is 16.0. The van der Waals surface area contributed by atoms with Gasteiger partial charge in [-0.1, -0.05) is 49.6 Å². The van der Waals surface area contributed by atoms with Crippen LogP contribution < -0.4 is 5.32 Å². The molecule has 3 heteroatoms. The third-order valence-electron chi connectivity index (χ3n) is 5.60. The van der Waals surface area contributed by atoms with Gasteiger partial charge in [-0.2, -0.15) is 0 Å². The molecule has 1 heterocycles. The van der Waals surface area contributed by atoms with Crippen LogP contribution in [0, 0.1) is 0 Å². The first-order valence-corrected chi connectivity index (χ1v) is 9.37. The maximum absolute atomic E-state index is 12.9. The summed E-state index contributed by atoms with van der Waals surface area (Å²) in [5.41, 5.74) is 0.929. The van der Waals surface area contributed by atoms with Crippen LogP contribution in [-0.4, -0.2) is 37.0 Å². The number of hydrogen-bond acceptors (Lipinski definition) is 2. The molecular formula is C20H30N2O. The maximum Gasteiger partial charge on any atom is 0.230 e. The number of rotatable bonds is 6. The summed E-state index contributed by atoms with van der Waals surface area (Å²) in [6.07, 6.45) is 9.44. The molecule has 0 aromatic heterocycles. The first kappa shape index (κ1) is 16.5. The molecule has 1 aromatic carbocycles. The molecule has 1 aliphatic carbocycles. The van der Waals surface area contributed by atoms with E-state index < -0.39 is 0 Å². The molecule has 23 heavy (non-hydrogen) atoms. The molecule has 1 aliphatic heterocycles. The number of benzene rings is 1. The molecule has 3 nitrogen and oxygen atoms in total. The van der Waals surface area contributed by atoms with Gasteiger partial charge in [0.05, 0.1) is 5.41 Å². The Hall–Kier alpha value is -1.35. The second-order valence-corrected chi connectivity index (χ2v) is 7.17. The van der Waals surface area contributed by atoms with E-state index in [1.54, 1.807) is 0 Å². The van der Waals surface area contributed by atoms with E-state index in [1.165, 1.54) is 37.9 Å². The van der Waals surface area contributed by atoms with E-state index in [0.717, 1.165) is 45.2 Å². The Morgan fingerprint density at radius 2 is 1.70 bits per heavy atom. The van der Waals surface area contributed by atoms with Crippen LogP contribution in [0.15, 0.2) is 30.3 Å². The number of hydrogen-bond donors (Lipinski definition) is 1. The summed E-state index contributed by atoms with van der Waals surface area (Å²) < 4.78 is 0. The van der Waals surface area contributed by atoms with Gasteiger partial charge < -0.3 is 10.2 Å². The van der Waals surface area contributed by atoms with Crippen molar-refractivity contribution in [2.45, 2.75) is 56.8 Å². The summed E-state index contributed by atoms with van der Waals surface area (Å²) in [5, 5.41) is 3.24. The van der Waals surface area contributed by atoms with Crippen LogP contribution >= 0.6 is 0 Å². The molecule has 1 amide bonds. The fourth-order valence-corrected chi connectivity index (χ4v) is 4.24. The minimum Gasteiger partial charge on any atom is -0.355 e. The van der Waals surface area contributed by atoms with Gasteiger partial charge in [0, 0.05) is 6.54 Å². The van der Waals surface area contributed by atoms with Crippen molar-refractivity contribution in [3.8, 4) is 0 Å². The number of amides is 1. The molecule has 0 radical (unpaired) electrons.